The molecule has 0 aliphatic heterocycles. The van der Waals surface area contributed by atoms with Gasteiger partial charge in [0.25, 0.3) is 0 Å². The lowest BCUT2D eigenvalue weighted by molar-refractivity contribution is -0.161. The van der Waals surface area contributed by atoms with Crippen molar-refractivity contribution in [3.05, 3.63) is 85.1 Å². The summed E-state index contributed by atoms with van der Waals surface area (Å²) in [7, 11) is 0. The number of ether oxygens (including phenoxy) is 2. The van der Waals surface area contributed by atoms with Crippen molar-refractivity contribution in [3.8, 4) is 0 Å². The van der Waals surface area contributed by atoms with E-state index in [2.05, 4.69) is 98.9 Å². The van der Waals surface area contributed by atoms with Gasteiger partial charge in [-0.3, -0.25) is 9.59 Å². The number of hydrogen-bond acceptors (Lipinski definition) is 5. The number of carbonyl (C=O) groups is 2. The summed E-state index contributed by atoms with van der Waals surface area (Å²) in [6, 6.07) is 0. The third-order valence-electron chi connectivity index (χ3n) is 10.7. The fourth-order valence-corrected chi connectivity index (χ4v) is 6.91. The molecule has 60 heavy (non-hydrogen) atoms. The van der Waals surface area contributed by atoms with E-state index in [0.29, 0.717) is 12.8 Å². The van der Waals surface area contributed by atoms with Gasteiger partial charge in [0, 0.05) is 12.8 Å². The Morgan fingerprint density at radius 2 is 0.717 bits per heavy atom. The highest BCUT2D eigenvalue weighted by atomic mass is 16.6. The second-order valence-electron chi connectivity index (χ2n) is 16.5. The fraction of sp³-hybridized carbons (Fsp3) is 0.709. The first-order chi connectivity index (χ1) is 29.6. The van der Waals surface area contributed by atoms with Gasteiger partial charge in [0.05, 0.1) is 6.61 Å². The van der Waals surface area contributed by atoms with Crippen molar-refractivity contribution in [2.45, 2.75) is 238 Å². The maximum absolute atomic E-state index is 12.2. The van der Waals surface area contributed by atoms with E-state index in [1.165, 1.54) is 122 Å². The van der Waals surface area contributed by atoms with Crippen molar-refractivity contribution in [2.24, 2.45) is 0 Å². The van der Waals surface area contributed by atoms with Crippen LogP contribution >= 0.6 is 0 Å². The molecular weight excluding hydrogens is 741 g/mol. The van der Waals surface area contributed by atoms with E-state index in [0.717, 1.165) is 83.5 Å². The number of unbranched alkanes of at least 4 members (excludes halogenated alkanes) is 23. The van der Waals surface area contributed by atoms with Crippen LogP contribution < -0.4 is 0 Å². The second kappa shape index (κ2) is 50.4. The average Bonchev–Trinajstić information content (AvgIpc) is 3.25. The van der Waals surface area contributed by atoms with E-state index >= 15 is 0 Å². The molecule has 0 aromatic rings. The highest BCUT2D eigenvalue weighted by Crippen LogP contribution is 2.14. The zero-order valence-electron chi connectivity index (χ0n) is 39.2. The predicted octanol–water partition coefficient (Wildman–Crippen LogP) is 16.6. The van der Waals surface area contributed by atoms with Crippen LogP contribution in [0.25, 0.3) is 0 Å². The highest BCUT2D eigenvalue weighted by Gasteiger charge is 2.16. The molecule has 0 amide bonds. The molecule has 0 saturated heterocycles. The lowest BCUT2D eigenvalue weighted by Crippen LogP contribution is -2.28. The lowest BCUT2D eigenvalue weighted by atomic mass is 10.0. The van der Waals surface area contributed by atoms with Crippen molar-refractivity contribution >= 4 is 11.9 Å². The van der Waals surface area contributed by atoms with Gasteiger partial charge in [0.2, 0.25) is 0 Å². The molecule has 0 saturated carbocycles. The first-order valence-electron chi connectivity index (χ1n) is 25.1. The zero-order chi connectivity index (χ0) is 43.5. The minimum atomic E-state index is -0.785. The number of aliphatic hydroxyl groups excluding tert-OH is 1. The van der Waals surface area contributed by atoms with Crippen LogP contribution in [0.3, 0.4) is 0 Å². The Balaban J connectivity index is 3.54. The molecule has 0 radical (unpaired) electrons. The monoisotopic (exact) mass is 835 g/mol. The second-order valence-corrected chi connectivity index (χ2v) is 16.5. The Labute approximate surface area is 371 Å². The molecule has 0 aromatic carbocycles. The van der Waals surface area contributed by atoms with Gasteiger partial charge in [-0.1, -0.05) is 214 Å². The summed E-state index contributed by atoms with van der Waals surface area (Å²) < 4.78 is 10.7. The summed E-state index contributed by atoms with van der Waals surface area (Å²) in [4.78, 5) is 24.4. The van der Waals surface area contributed by atoms with Crippen LogP contribution in [-0.2, 0) is 19.1 Å². The molecule has 1 atom stereocenters. The maximum Gasteiger partial charge on any atom is 0.306 e. The van der Waals surface area contributed by atoms with Crippen molar-refractivity contribution in [2.75, 3.05) is 13.2 Å². The molecule has 5 nitrogen and oxygen atoms in total. The smallest absolute Gasteiger partial charge is 0.306 e. The number of aliphatic hydroxyl groups is 1. The normalized spacial score (nSPS) is 12.9. The van der Waals surface area contributed by atoms with E-state index in [9.17, 15) is 14.7 Å². The number of esters is 2. The van der Waals surface area contributed by atoms with Crippen molar-refractivity contribution in [1.82, 2.24) is 0 Å². The van der Waals surface area contributed by atoms with E-state index < -0.39 is 6.10 Å². The first-order valence-corrected chi connectivity index (χ1v) is 25.1. The van der Waals surface area contributed by atoms with Gasteiger partial charge in [0.15, 0.2) is 6.10 Å². The topological polar surface area (TPSA) is 72.8 Å². The first kappa shape index (κ1) is 57.1. The molecule has 0 bridgehead atoms. The predicted molar refractivity (Wildman–Crippen MR) is 260 cm³/mol. The summed E-state index contributed by atoms with van der Waals surface area (Å²) in [6.45, 7) is 4.01. The Kier molecular flexibility index (Phi) is 48.0. The molecule has 1 N–H and O–H groups in total. The molecule has 344 valence electrons. The van der Waals surface area contributed by atoms with Gasteiger partial charge in [-0.05, 0) is 89.9 Å². The molecule has 1 unspecified atom stereocenters. The van der Waals surface area contributed by atoms with Gasteiger partial charge in [-0.15, -0.1) is 0 Å². The van der Waals surface area contributed by atoms with Crippen LogP contribution in [0.1, 0.15) is 232 Å². The van der Waals surface area contributed by atoms with E-state index in [-0.39, 0.29) is 25.2 Å². The minimum absolute atomic E-state index is 0.0763. The number of allylic oxidation sites excluding steroid dienone is 14. The SMILES string of the molecule is CC/C=C\C/C=C\C/C=C\C/C=C\CCCCCCCCC(=O)OC(CO)COC(=O)CCCCCCCCCCCCCC/C=C\C/C=C\C/C=C\CCCCCCC. The molecule has 0 heterocycles. The molecule has 0 aromatic heterocycles. The molecule has 0 aliphatic rings. The van der Waals surface area contributed by atoms with Crippen molar-refractivity contribution in [3.63, 3.8) is 0 Å². The third-order valence-corrected chi connectivity index (χ3v) is 10.7. The Hall–Kier alpha value is -2.92. The lowest BCUT2D eigenvalue weighted by Gasteiger charge is -2.15. The minimum Gasteiger partial charge on any atom is -0.462 e. The van der Waals surface area contributed by atoms with Gasteiger partial charge >= 0.3 is 11.9 Å². The molecule has 5 heteroatoms. The standard InChI is InChI=1S/C55H94O5/c1-3-5-7-9-11-13-15-17-19-21-23-24-25-26-27-28-29-30-32-33-35-37-39-41-43-45-47-49-54(57)59-52-53(51-56)60-55(58)50-48-46-44-42-40-38-36-34-31-22-20-18-16-14-12-10-8-6-4-2/h6,8,12,14-15,17-18,20-21,23,25-26,31,34,53,56H,3-5,7,9-11,13,16,19,22,24,27-30,32-33,35-52H2,1-2H3/b8-6-,14-12-,17-15-,20-18-,23-21-,26-25-,34-31-. The number of hydrogen-bond donors (Lipinski definition) is 1. The van der Waals surface area contributed by atoms with Gasteiger partial charge < -0.3 is 14.6 Å². The molecule has 0 spiro atoms. The van der Waals surface area contributed by atoms with Crippen LogP contribution in [-0.4, -0.2) is 36.4 Å². The molecular formula is C55H94O5. The Bertz CT molecular complexity index is 1130. The van der Waals surface area contributed by atoms with Crippen LogP contribution in [0.4, 0.5) is 0 Å². The quantitative estimate of drug-likeness (QED) is 0.0376. The Morgan fingerprint density at radius 1 is 0.400 bits per heavy atom. The summed E-state index contributed by atoms with van der Waals surface area (Å²) >= 11 is 0. The van der Waals surface area contributed by atoms with Crippen LogP contribution in [0, 0.1) is 0 Å². The van der Waals surface area contributed by atoms with Crippen molar-refractivity contribution < 1.29 is 24.2 Å². The average molecular weight is 835 g/mol. The zero-order valence-corrected chi connectivity index (χ0v) is 39.2. The summed E-state index contributed by atoms with van der Waals surface area (Å²) in [6.07, 6.45) is 69.6. The Morgan fingerprint density at radius 3 is 1.08 bits per heavy atom. The highest BCUT2D eigenvalue weighted by molar-refractivity contribution is 5.70. The number of carbonyl (C=O) groups excluding carboxylic acids is 2. The van der Waals surface area contributed by atoms with Gasteiger partial charge in [-0.25, -0.2) is 0 Å². The third kappa shape index (κ3) is 47.8. The van der Waals surface area contributed by atoms with Crippen molar-refractivity contribution in [1.29, 1.82) is 0 Å². The molecule has 0 fully saturated rings. The number of rotatable bonds is 45. The fourth-order valence-electron chi connectivity index (χ4n) is 6.91. The largest absolute Gasteiger partial charge is 0.462 e. The summed E-state index contributed by atoms with van der Waals surface area (Å²) in [5, 5.41) is 9.62. The van der Waals surface area contributed by atoms with Gasteiger partial charge in [0.1, 0.15) is 6.61 Å². The van der Waals surface area contributed by atoms with Crippen LogP contribution in [0.2, 0.25) is 0 Å². The summed E-state index contributed by atoms with van der Waals surface area (Å²) in [5.41, 5.74) is 0. The van der Waals surface area contributed by atoms with Crippen LogP contribution in [0.5, 0.6) is 0 Å². The van der Waals surface area contributed by atoms with Crippen LogP contribution in [0.15, 0.2) is 85.1 Å². The van der Waals surface area contributed by atoms with E-state index in [1.54, 1.807) is 0 Å². The van der Waals surface area contributed by atoms with E-state index in [4.69, 9.17) is 9.47 Å². The summed E-state index contributed by atoms with van der Waals surface area (Å²) in [5.74, 6) is -0.610. The van der Waals surface area contributed by atoms with E-state index in [1.807, 2.05) is 0 Å². The van der Waals surface area contributed by atoms with Gasteiger partial charge in [-0.2, -0.15) is 0 Å². The molecule has 0 aliphatic carbocycles. The molecule has 0 rings (SSSR count). The maximum atomic E-state index is 12.2.